The zero-order chi connectivity index (χ0) is 11.9. The molecule has 1 heterocycles. The van der Waals surface area contributed by atoms with E-state index in [2.05, 4.69) is 31.0 Å². The molecule has 0 radical (unpaired) electrons. The smallest absolute Gasteiger partial charge is 0.235 e. The highest BCUT2D eigenvalue weighted by atomic mass is 79.9. The van der Waals surface area contributed by atoms with Crippen LogP contribution in [-0.4, -0.2) is 34.8 Å². The molecule has 6 nitrogen and oxygen atoms in total. The minimum Gasteiger partial charge on any atom is -0.235 e. The number of nitrogens with zero attached hydrogens (tertiary/aromatic N) is 3. The average Bonchev–Trinajstić information content (AvgIpc) is 2.43. The predicted molar refractivity (Wildman–Crippen MR) is 61.7 cm³/mol. The van der Waals surface area contributed by atoms with Crippen LogP contribution in [0, 0.1) is 0 Å². The van der Waals surface area contributed by atoms with E-state index in [1.54, 1.807) is 0 Å². The first-order chi connectivity index (χ1) is 7.40. The molecule has 0 atom stereocenters. The topological polar surface area (TPSA) is 76.9 Å². The summed E-state index contributed by atoms with van der Waals surface area (Å²) in [6, 6.07) is -0.0886. The summed E-state index contributed by atoms with van der Waals surface area (Å²) in [5.74, 6) is 0. The van der Waals surface area contributed by atoms with Crippen molar-refractivity contribution < 1.29 is 8.42 Å². The number of sulfonamides is 1. The summed E-state index contributed by atoms with van der Waals surface area (Å²) in [6.45, 7) is 0. The molecule has 16 heavy (non-hydrogen) atoms. The monoisotopic (exact) mass is 328 g/mol. The maximum absolute atomic E-state index is 12.0. The highest BCUT2D eigenvalue weighted by Crippen LogP contribution is 2.27. The Morgan fingerprint density at radius 2 is 2.19 bits per heavy atom. The van der Waals surface area contributed by atoms with Gasteiger partial charge in [-0.2, -0.15) is 0 Å². The fourth-order valence-corrected chi connectivity index (χ4v) is 4.31. The summed E-state index contributed by atoms with van der Waals surface area (Å²) in [5, 5.41) is 7.36. The lowest BCUT2D eigenvalue weighted by atomic mass is 9.94. The van der Waals surface area contributed by atoms with Gasteiger partial charge in [0.1, 0.15) is 0 Å². The quantitative estimate of drug-likeness (QED) is 0.825. The molecule has 0 aliphatic heterocycles. The molecule has 9 heteroatoms. The second-order valence-corrected chi connectivity index (χ2v) is 6.69. The van der Waals surface area contributed by atoms with Gasteiger partial charge in [0.05, 0.1) is 0 Å². The third-order valence-corrected chi connectivity index (χ3v) is 5.16. The van der Waals surface area contributed by atoms with Gasteiger partial charge in [0.25, 0.3) is 10.0 Å². The van der Waals surface area contributed by atoms with E-state index in [1.165, 1.54) is 11.7 Å². The number of hydrogen-bond acceptors (Lipinski definition) is 4. The molecule has 1 N–H and O–H groups in total. The van der Waals surface area contributed by atoms with Crippen LogP contribution in [0.3, 0.4) is 0 Å². The molecule has 1 fully saturated rings. The van der Waals surface area contributed by atoms with Gasteiger partial charge in [-0.25, -0.2) is 17.8 Å². The van der Waals surface area contributed by atoms with E-state index >= 15 is 0 Å². The molecule has 0 bridgehead atoms. The highest BCUT2D eigenvalue weighted by molar-refractivity contribution is 9.10. The van der Waals surface area contributed by atoms with Crippen molar-refractivity contribution in [3.8, 4) is 0 Å². The van der Waals surface area contributed by atoms with Gasteiger partial charge in [0.15, 0.2) is 4.60 Å². The highest BCUT2D eigenvalue weighted by Gasteiger charge is 2.33. The van der Waals surface area contributed by atoms with Gasteiger partial charge in [0, 0.05) is 18.5 Å². The van der Waals surface area contributed by atoms with E-state index in [-0.39, 0.29) is 21.0 Å². The number of aromatic nitrogens is 3. The molecule has 1 aromatic rings. The summed E-state index contributed by atoms with van der Waals surface area (Å²) in [5.41, 5.74) is 0. The minimum atomic E-state index is -3.58. The van der Waals surface area contributed by atoms with Crippen molar-refractivity contribution in [1.29, 1.82) is 0 Å². The molecule has 1 aromatic heterocycles. The molecule has 1 aliphatic rings. The summed E-state index contributed by atoms with van der Waals surface area (Å²) in [6.07, 6.45) is 1.31. The van der Waals surface area contributed by atoms with Gasteiger partial charge < -0.3 is 0 Å². The summed E-state index contributed by atoms with van der Waals surface area (Å²) in [4.78, 5) is 0. The molecule has 0 spiro atoms. The number of halogens is 2. The minimum absolute atomic E-state index is 0.0329. The van der Waals surface area contributed by atoms with E-state index in [0.29, 0.717) is 12.8 Å². The van der Waals surface area contributed by atoms with Crippen LogP contribution in [0.5, 0.6) is 0 Å². The zero-order valence-corrected chi connectivity index (χ0v) is 11.5. The van der Waals surface area contributed by atoms with Crippen molar-refractivity contribution in [3.05, 3.63) is 4.60 Å². The van der Waals surface area contributed by atoms with Crippen molar-refractivity contribution in [3.63, 3.8) is 0 Å². The molecule has 1 aliphatic carbocycles. The van der Waals surface area contributed by atoms with Crippen LogP contribution in [0.4, 0.5) is 0 Å². The van der Waals surface area contributed by atoms with Crippen LogP contribution in [-0.2, 0) is 17.1 Å². The summed E-state index contributed by atoms with van der Waals surface area (Å²) in [7, 11) is -2.05. The van der Waals surface area contributed by atoms with E-state index in [0.717, 1.165) is 0 Å². The van der Waals surface area contributed by atoms with Crippen molar-refractivity contribution in [2.75, 3.05) is 0 Å². The SMILES string of the molecule is Cn1nnc(Br)c1S(=O)(=O)NC1CC(Cl)C1. The van der Waals surface area contributed by atoms with E-state index in [1.807, 2.05) is 0 Å². The predicted octanol–water partition coefficient (Wildman–Crippen LogP) is 0.626. The normalized spacial score (nSPS) is 25.4. The lowest BCUT2D eigenvalue weighted by molar-refractivity contribution is 0.389. The number of nitrogens with one attached hydrogen (secondary N) is 1. The Balaban J connectivity index is 2.19. The molecule has 2 rings (SSSR count). The maximum atomic E-state index is 12.0. The molecule has 90 valence electrons. The van der Waals surface area contributed by atoms with Crippen LogP contribution in [0.15, 0.2) is 9.63 Å². The largest absolute Gasteiger partial charge is 0.260 e. The maximum Gasteiger partial charge on any atom is 0.260 e. The van der Waals surface area contributed by atoms with E-state index < -0.39 is 10.0 Å². The van der Waals surface area contributed by atoms with E-state index in [4.69, 9.17) is 11.6 Å². The molecule has 0 aromatic carbocycles. The Morgan fingerprint density at radius 3 is 2.62 bits per heavy atom. The first-order valence-corrected chi connectivity index (χ1v) is 7.33. The Hall–Kier alpha value is -0.180. The van der Waals surface area contributed by atoms with Crippen molar-refractivity contribution in [2.24, 2.45) is 7.05 Å². The Morgan fingerprint density at radius 1 is 1.56 bits per heavy atom. The van der Waals surface area contributed by atoms with Gasteiger partial charge in [-0.3, -0.25) is 0 Å². The molecule has 0 amide bonds. The Labute approximate surface area is 107 Å². The Bertz CT molecular complexity index is 477. The van der Waals surface area contributed by atoms with E-state index in [9.17, 15) is 8.42 Å². The van der Waals surface area contributed by atoms with Crippen LogP contribution >= 0.6 is 27.5 Å². The number of aryl methyl sites for hydroxylation is 1. The lowest BCUT2D eigenvalue weighted by Crippen LogP contribution is -2.45. The van der Waals surface area contributed by atoms with Crippen LogP contribution in [0.2, 0.25) is 0 Å². The van der Waals surface area contributed by atoms with Crippen molar-refractivity contribution in [2.45, 2.75) is 29.3 Å². The van der Waals surface area contributed by atoms with Gasteiger partial charge in [0.2, 0.25) is 5.03 Å². The zero-order valence-electron chi connectivity index (χ0n) is 8.39. The molecular formula is C7H10BrClN4O2S. The third-order valence-electron chi connectivity index (χ3n) is 2.39. The van der Waals surface area contributed by atoms with Crippen LogP contribution in [0.1, 0.15) is 12.8 Å². The van der Waals surface area contributed by atoms with Gasteiger partial charge >= 0.3 is 0 Å². The van der Waals surface area contributed by atoms with Crippen molar-refractivity contribution >= 4 is 37.6 Å². The molecule has 0 saturated heterocycles. The number of alkyl halides is 1. The molecule has 1 saturated carbocycles. The fraction of sp³-hybridized carbons (Fsp3) is 0.714. The van der Waals surface area contributed by atoms with Gasteiger partial charge in [-0.05, 0) is 28.8 Å². The second kappa shape index (κ2) is 4.25. The van der Waals surface area contributed by atoms with Crippen LogP contribution in [0.25, 0.3) is 0 Å². The number of rotatable bonds is 3. The van der Waals surface area contributed by atoms with Crippen molar-refractivity contribution in [1.82, 2.24) is 19.7 Å². The third kappa shape index (κ3) is 2.24. The summed E-state index contributed by atoms with van der Waals surface area (Å²) < 4.78 is 27.9. The van der Waals surface area contributed by atoms with Crippen LogP contribution < -0.4 is 4.72 Å². The first kappa shape index (κ1) is 12.3. The fourth-order valence-electron chi connectivity index (χ4n) is 1.53. The standard InChI is InChI=1S/C7H10BrClN4O2S/c1-13-7(6(8)10-12-13)16(14,15)11-5-2-4(9)3-5/h4-5,11H,2-3H2,1H3. The molecular weight excluding hydrogens is 320 g/mol. The van der Waals surface area contributed by atoms with Gasteiger partial charge in [-0.1, -0.05) is 5.21 Å². The first-order valence-electron chi connectivity index (χ1n) is 4.61. The average molecular weight is 330 g/mol. The second-order valence-electron chi connectivity index (χ2n) is 3.70. The number of hydrogen-bond donors (Lipinski definition) is 1. The van der Waals surface area contributed by atoms with Gasteiger partial charge in [-0.15, -0.1) is 16.7 Å². The molecule has 0 unspecified atom stereocenters. The Kier molecular flexibility index (Phi) is 3.26. The lowest BCUT2D eigenvalue weighted by Gasteiger charge is -2.30. The summed E-state index contributed by atoms with van der Waals surface area (Å²) >= 11 is 8.84.